The van der Waals surface area contributed by atoms with Gasteiger partial charge < -0.3 is 14.4 Å². The van der Waals surface area contributed by atoms with Gasteiger partial charge in [0.05, 0.1) is 19.3 Å². The molecule has 0 bridgehead atoms. The van der Waals surface area contributed by atoms with Crippen molar-refractivity contribution >= 4 is 17.3 Å². The van der Waals surface area contributed by atoms with Crippen LogP contribution in [0.2, 0.25) is 0 Å². The number of hydrogen-bond donors (Lipinski definition) is 0. The standard InChI is InChI=1S/C31H36N2O3/c1-35-19-18-33(27-12-10-23(11-13-27)22-6-7-22)28-14-15-29-24(4-3-5-25(29)20-28)8-9-26-21-32-17-16-30(26)31(34)36-2/h10-17,20-22,24H,3-9,18-19H2,1-2H3/t24-/m0/s1. The lowest BCUT2D eigenvalue weighted by atomic mass is 9.79. The van der Waals surface area contributed by atoms with E-state index in [0.29, 0.717) is 18.1 Å². The normalized spacial score (nSPS) is 16.9. The van der Waals surface area contributed by atoms with Gasteiger partial charge in [-0.25, -0.2) is 4.79 Å². The van der Waals surface area contributed by atoms with E-state index in [9.17, 15) is 4.79 Å². The Bertz CT molecular complexity index is 1190. The van der Waals surface area contributed by atoms with Gasteiger partial charge in [-0.15, -0.1) is 0 Å². The first-order valence-corrected chi connectivity index (χ1v) is 13.2. The summed E-state index contributed by atoms with van der Waals surface area (Å²) in [5, 5.41) is 0. The Hall–Kier alpha value is -3.18. The maximum absolute atomic E-state index is 12.2. The van der Waals surface area contributed by atoms with Gasteiger partial charge in [-0.1, -0.05) is 18.2 Å². The molecule has 2 aliphatic rings. The van der Waals surface area contributed by atoms with Crippen molar-refractivity contribution in [3.63, 3.8) is 0 Å². The summed E-state index contributed by atoms with van der Waals surface area (Å²) in [6.07, 6.45) is 11.4. The van der Waals surface area contributed by atoms with E-state index in [0.717, 1.165) is 37.3 Å². The fourth-order valence-corrected chi connectivity index (χ4v) is 5.57. The maximum Gasteiger partial charge on any atom is 0.338 e. The summed E-state index contributed by atoms with van der Waals surface area (Å²) in [5.74, 6) is 0.962. The van der Waals surface area contributed by atoms with Crippen molar-refractivity contribution < 1.29 is 14.3 Å². The maximum atomic E-state index is 12.2. The molecule has 0 saturated heterocycles. The van der Waals surface area contributed by atoms with E-state index >= 15 is 0 Å². The van der Waals surface area contributed by atoms with Crippen LogP contribution in [0.15, 0.2) is 60.9 Å². The Morgan fingerprint density at radius 3 is 2.58 bits per heavy atom. The Kier molecular flexibility index (Phi) is 7.66. The lowest BCUT2D eigenvalue weighted by Gasteiger charge is -2.30. The molecule has 1 aromatic heterocycles. The predicted octanol–water partition coefficient (Wildman–Crippen LogP) is 6.58. The minimum absolute atomic E-state index is 0.289. The molecule has 36 heavy (non-hydrogen) atoms. The van der Waals surface area contributed by atoms with Gasteiger partial charge in [-0.3, -0.25) is 4.98 Å². The van der Waals surface area contributed by atoms with Gasteiger partial charge in [0, 0.05) is 37.4 Å². The molecule has 1 heterocycles. The molecule has 1 atom stereocenters. The first-order valence-electron chi connectivity index (χ1n) is 13.2. The number of ether oxygens (including phenoxy) is 2. The second-order valence-corrected chi connectivity index (χ2v) is 10.0. The summed E-state index contributed by atoms with van der Waals surface area (Å²) < 4.78 is 10.4. The third-order valence-electron chi connectivity index (χ3n) is 7.72. The quantitative estimate of drug-likeness (QED) is 0.304. The van der Waals surface area contributed by atoms with E-state index in [2.05, 4.69) is 52.3 Å². The lowest BCUT2D eigenvalue weighted by Crippen LogP contribution is -2.22. The molecule has 3 aromatic rings. The number of benzene rings is 2. The Morgan fingerprint density at radius 1 is 1.03 bits per heavy atom. The zero-order chi connectivity index (χ0) is 24.9. The number of fused-ring (bicyclic) bond motifs is 1. The molecule has 188 valence electrons. The number of methoxy groups -OCH3 is 2. The van der Waals surface area contributed by atoms with Crippen molar-refractivity contribution in [2.75, 3.05) is 32.3 Å². The van der Waals surface area contributed by atoms with Crippen LogP contribution in [-0.4, -0.2) is 38.3 Å². The number of rotatable bonds is 10. The van der Waals surface area contributed by atoms with Crippen LogP contribution in [-0.2, 0) is 22.3 Å². The number of aryl methyl sites for hydroxylation is 2. The van der Waals surface area contributed by atoms with E-state index in [1.807, 2.05) is 0 Å². The van der Waals surface area contributed by atoms with E-state index in [1.54, 1.807) is 25.6 Å². The minimum atomic E-state index is -0.289. The van der Waals surface area contributed by atoms with Gasteiger partial charge in [0.15, 0.2) is 0 Å². The van der Waals surface area contributed by atoms with E-state index in [1.165, 1.54) is 60.9 Å². The second-order valence-electron chi connectivity index (χ2n) is 10.0. The van der Waals surface area contributed by atoms with Crippen LogP contribution in [0.1, 0.15) is 76.6 Å². The van der Waals surface area contributed by atoms with Crippen molar-refractivity contribution in [1.82, 2.24) is 4.98 Å². The third-order valence-corrected chi connectivity index (χ3v) is 7.72. The predicted molar refractivity (Wildman–Crippen MR) is 143 cm³/mol. The van der Waals surface area contributed by atoms with Crippen LogP contribution in [0, 0.1) is 0 Å². The average molecular weight is 485 g/mol. The minimum Gasteiger partial charge on any atom is -0.465 e. The fourth-order valence-electron chi connectivity index (χ4n) is 5.57. The highest BCUT2D eigenvalue weighted by molar-refractivity contribution is 5.90. The number of aromatic nitrogens is 1. The number of carbonyl (C=O) groups excluding carboxylic acids is 1. The smallest absolute Gasteiger partial charge is 0.338 e. The third kappa shape index (κ3) is 5.46. The Morgan fingerprint density at radius 2 is 1.83 bits per heavy atom. The highest BCUT2D eigenvalue weighted by Crippen LogP contribution is 2.41. The van der Waals surface area contributed by atoms with E-state index in [4.69, 9.17) is 9.47 Å². The van der Waals surface area contributed by atoms with Crippen molar-refractivity contribution in [2.24, 2.45) is 0 Å². The number of pyridine rings is 1. The van der Waals surface area contributed by atoms with Gasteiger partial charge in [-0.2, -0.15) is 0 Å². The van der Waals surface area contributed by atoms with Crippen molar-refractivity contribution in [1.29, 1.82) is 0 Å². The summed E-state index contributed by atoms with van der Waals surface area (Å²) in [4.78, 5) is 18.8. The van der Waals surface area contributed by atoms with Crippen LogP contribution in [0.5, 0.6) is 0 Å². The highest BCUT2D eigenvalue weighted by atomic mass is 16.5. The van der Waals surface area contributed by atoms with Crippen molar-refractivity contribution in [3.05, 3.63) is 88.7 Å². The van der Waals surface area contributed by atoms with Gasteiger partial charge >= 0.3 is 5.97 Å². The summed E-state index contributed by atoms with van der Waals surface area (Å²) in [7, 11) is 3.19. The van der Waals surface area contributed by atoms with Crippen molar-refractivity contribution in [3.8, 4) is 0 Å². The molecule has 5 rings (SSSR count). The second kappa shape index (κ2) is 11.3. The van der Waals surface area contributed by atoms with E-state index in [-0.39, 0.29) is 5.97 Å². The molecular formula is C31H36N2O3. The van der Waals surface area contributed by atoms with Crippen LogP contribution in [0.25, 0.3) is 0 Å². The highest BCUT2D eigenvalue weighted by Gasteiger charge is 2.25. The van der Waals surface area contributed by atoms with Gasteiger partial charge in [0.1, 0.15) is 0 Å². The number of hydrogen-bond acceptors (Lipinski definition) is 5. The average Bonchev–Trinajstić information content (AvgIpc) is 3.78. The molecule has 0 N–H and O–H groups in total. The fraction of sp³-hybridized carbons (Fsp3) is 0.419. The molecule has 2 aromatic carbocycles. The van der Waals surface area contributed by atoms with Crippen LogP contribution < -0.4 is 4.90 Å². The zero-order valence-electron chi connectivity index (χ0n) is 21.4. The molecule has 0 radical (unpaired) electrons. The van der Waals surface area contributed by atoms with Crippen LogP contribution >= 0.6 is 0 Å². The Labute approximate surface area is 214 Å². The Balaban J connectivity index is 1.35. The first kappa shape index (κ1) is 24.5. The number of carbonyl (C=O) groups is 1. The number of esters is 1. The van der Waals surface area contributed by atoms with Crippen molar-refractivity contribution in [2.45, 2.75) is 56.8 Å². The summed E-state index contributed by atoms with van der Waals surface area (Å²) in [6.45, 7) is 1.50. The molecule has 1 saturated carbocycles. The van der Waals surface area contributed by atoms with Crippen LogP contribution in [0.3, 0.4) is 0 Å². The molecule has 0 amide bonds. The lowest BCUT2D eigenvalue weighted by molar-refractivity contribution is 0.0599. The molecule has 2 aliphatic carbocycles. The van der Waals surface area contributed by atoms with Gasteiger partial charge in [0.25, 0.3) is 0 Å². The monoisotopic (exact) mass is 484 g/mol. The molecule has 5 heteroatoms. The molecule has 5 nitrogen and oxygen atoms in total. The summed E-state index contributed by atoms with van der Waals surface area (Å²) in [5.41, 5.74) is 8.39. The number of nitrogens with zero attached hydrogens (tertiary/aromatic N) is 2. The number of anilines is 2. The van der Waals surface area contributed by atoms with Gasteiger partial charge in [0.2, 0.25) is 0 Å². The summed E-state index contributed by atoms with van der Waals surface area (Å²) in [6, 6.07) is 17.9. The molecule has 0 aliphatic heterocycles. The SMILES string of the molecule is COCCN(c1ccc(C2CC2)cc1)c1ccc2c(c1)CCC[C@H]2CCc1cnccc1C(=O)OC. The van der Waals surface area contributed by atoms with Crippen LogP contribution in [0.4, 0.5) is 11.4 Å². The molecule has 0 spiro atoms. The largest absolute Gasteiger partial charge is 0.465 e. The first-order chi connectivity index (χ1) is 17.7. The topological polar surface area (TPSA) is 51.7 Å². The molecule has 0 unspecified atom stereocenters. The summed E-state index contributed by atoms with van der Waals surface area (Å²) >= 11 is 0. The van der Waals surface area contributed by atoms with Gasteiger partial charge in [-0.05, 0) is 109 Å². The molecule has 1 fully saturated rings. The zero-order valence-corrected chi connectivity index (χ0v) is 21.4. The molecular weight excluding hydrogens is 448 g/mol. The van der Waals surface area contributed by atoms with E-state index < -0.39 is 0 Å².